The van der Waals surface area contributed by atoms with Gasteiger partial charge in [0, 0.05) is 17.2 Å². The van der Waals surface area contributed by atoms with Crippen LogP contribution in [0.25, 0.3) is 0 Å². The SMILES string of the molecule is COc1cc(O)c(C/C=C(\C)CCC=C(C)CCC=C(C)C)c(C)c1O. The van der Waals surface area contributed by atoms with Crippen LogP contribution in [-0.2, 0) is 6.42 Å². The Balaban J connectivity index is 2.62. The number of phenolic OH excluding ortho intramolecular Hbond substituents is 2. The van der Waals surface area contributed by atoms with Crippen molar-refractivity contribution in [2.75, 3.05) is 7.11 Å². The number of rotatable bonds is 9. The fourth-order valence-electron chi connectivity index (χ4n) is 2.83. The Labute approximate surface area is 158 Å². The molecule has 0 fully saturated rings. The van der Waals surface area contributed by atoms with Crippen LogP contribution in [0.3, 0.4) is 0 Å². The topological polar surface area (TPSA) is 49.7 Å². The minimum absolute atomic E-state index is 0.0984. The predicted molar refractivity (Wildman–Crippen MR) is 110 cm³/mol. The highest BCUT2D eigenvalue weighted by Gasteiger charge is 2.13. The first-order valence-corrected chi connectivity index (χ1v) is 9.29. The molecule has 0 aliphatic rings. The maximum absolute atomic E-state index is 10.2. The third kappa shape index (κ3) is 6.99. The van der Waals surface area contributed by atoms with Crippen LogP contribution in [-0.4, -0.2) is 17.3 Å². The van der Waals surface area contributed by atoms with Crippen molar-refractivity contribution in [3.05, 3.63) is 52.1 Å². The van der Waals surface area contributed by atoms with Crippen molar-refractivity contribution in [1.29, 1.82) is 0 Å². The molecule has 0 amide bonds. The second-order valence-corrected chi connectivity index (χ2v) is 7.21. The van der Waals surface area contributed by atoms with Gasteiger partial charge in [-0.25, -0.2) is 0 Å². The second kappa shape index (κ2) is 10.7. The van der Waals surface area contributed by atoms with E-state index < -0.39 is 0 Å². The zero-order valence-corrected chi connectivity index (χ0v) is 17.1. The number of phenols is 2. The van der Waals surface area contributed by atoms with Crippen molar-refractivity contribution < 1.29 is 14.9 Å². The van der Waals surface area contributed by atoms with Gasteiger partial charge in [0.1, 0.15) is 5.75 Å². The van der Waals surface area contributed by atoms with Crippen LogP contribution >= 0.6 is 0 Å². The van der Waals surface area contributed by atoms with Crippen molar-refractivity contribution in [2.24, 2.45) is 0 Å². The third-order valence-corrected chi connectivity index (χ3v) is 4.62. The maximum atomic E-state index is 10.2. The van der Waals surface area contributed by atoms with Gasteiger partial charge in [-0.1, -0.05) is 34.9 Å². The minimum atomic E-state index is 0.0984. The molecule has 0 unspecified atom stereocenters. The number of hydrogen-bond donors (Lipinski definition) is 2. The van der Waals surface area contributed by atoms with Crippen molar-refractivity contribution >= 4 is 0 Å². The van der Waals surface area contributed by atoms with E-state index in [1.165, 1.54) is 29.9 Å². The van der Waals surface area contributed by atoms with Gasteiger partial charge in [-0.05, 0) is 66.7 Å². The molecular weight excluding hydrogens is 324 g/mol. The summed E-state index contributed by atoms with van der Waals surface area (Å²) in [6.07, 6.45) is 11.6. The number of hydrogen-bond acceptors (Lipinski definition) is 3. The first kappa shape index (κ1) is 21.9. The van der Waals surface area contributed by atoms with E-state index in [0.29, 0.717) is 17.7 Å². The molecular formula is C23H34O3. The number of allylic oxidation sites excluding steroid dienone is 6. The van der Waals surface area contributed by atoms with Gasteiger partial charge in [0.2, 0.25) is 0 Å². The average molecular weight is 359 g/mol. The van der Waals surface area contributed by atoms with E-state index in [2.05, 4.69) is 45.9 Å². The molecule has 0 aromatic heterocycles. The lowest BCUT2D eigenvalue weighted by atomic mass is 10.00. The zero-order valence-electron chi connectivity index (χ0n) is 17.1. The van der Waals surface area contributed by atoms with Crippen LogP contribution in [0.2, 0.25) is 0 Å². The van der Waals surface area contributed by atoms with Crippen LogP contribution in [0, 0.1) is 6.92 Å². The van der Waals surface area contributed by atoms with Crippen molar-refractivity contribution in [2.45, 2.75) is 66.7 Å². The molecule has 1 rings (SSSR count). The summed E-state index contributed by atoms with van der Waals surface area (Å²) in [5, 5.41) is 20.3. The quantitative estimate of drug-likeness (QED) is 0.398. The van der Waals surface area contributed by atoms with Crippen molar-refractivity contribution in [3.8, 4) is 17.2 Å². The van der Waals surface area contributed by atoms with Gasteiger partial charge in [-0.2, -0.15) is 0 Å². The molecule has 0 spiro atoms. The molecule has 26 heavy (non-hydrogen) atoms. The predicted octanol–water partition coefficient (Wildman–Crippen LogP) is 6.38. The van der Waals surface area contributed by atoms with E-state index in [1.807, 2.05) is 0 Å². The molecule has 0 aliphatic carbocycles. The van der Waals surface area contributed by atoms with Crippen LogP contribution in [0.1, 0.15) is 64.5 Å². The summed E-state index contributed by atoms with van der Waals surface area (Å²) in [7, 11) is 1.48. The fraction of sp³-hybridized carbons (Fsp3) is 0.478. The fourth-order valence-corrected chi connectivity index (χ4v) is 2.83. The number of ether oxygens (including phenoxy) is 1. The van der Waals surface area contributed by atoms with Gasteiger partial charge in [0.25, 0.3) is 0 Å². The highest BCUT2D eigenvalue weighted by atomic mass is 16.5. The number of methoxy groups -OCH3 is 1. The van der Waals surface area contributed by atoms with Gasteiger partial charge < -0.3 is 14.9 Å². The van der Waals surface area contributed by atoms with Crippen LogP contribution in [0.5, 0.6) is 17.2 Å². The lowest BCUT2D eigenvalue weighted by molar-refractivity contribution is 0.365. The highest BCUT2D eigenvalue weighted by Crippen LogP contribution is 2.38. The lowest BCUT2D eigenvalue weighted by Gasteiger charge is -2.12. The molecule has 3 nitrogen and oxygen atoms in total. The van der Waals surface area contributed by atoms with Crippen LogP contribution in [0.15, 0.2) is 41.0 Å². The van der Waals surface area contributed by atoms with E-state index in [9.17, 15) is 10.2 Å². The molecule has 0 heterocycles. The normalized spacial score (nSPS) is 12.2. The molecule has 0 radical (unpaired) electrons. The van der Waals surface area contributed by atoms with Gasteiger partial charge in [0.15, 0.2) is 11.5 Å². The summed E-state index contributed by atoms with van der Waals surface area (Å²) in [4.78, 5) is 0. The smallest absolute Gasteiger partial charge is 0.164 e. The summed E-state index contributed by atoms with van der Waals surface area (Å²) in [6.45, 7) is 10.4. The van der Waals surface area contributed by atoms with E-state index in [0.717, 1.165) is 31.2 Å². The largest absolute Gasteiger partial charge is 0.508 e. The zero-order chi connectivity index (χ0) is 19.7. The summed E-state index contributed by atoms with van der Waals surface area (Å²) >= 11 is 0. The summed E-state index contributed by atoms with van der Waals surface area (Å²) in [6, 6.07) is 1.47. The molecule has 1 aromatic carbocycles. The van der Waals surface area contributed by atoms with E-state index in [-0.39, 0.29) is 11.5 Å². The van der Waals surface area contributed by atoms with E-state index in [1.54, 1.807) is 6.92 Å². The van der Waals surface area contributed by atoms with Gasteiger partial charge in [-0.3, -0.25) is 0 Å². The van der Waals surface area contributed by atoms with Crippen molar-refractivity contribution in [3.63, 3.8) is 0 Å². The summed E-state index contributed by atoms with van der Waals surface area (Å²) in [5.41, 5.74) is 5.51. The standard InChI is InChI=1S/C23H34O3/c1-16(2)9-7-10-17(3)11-8-12-18(4)13-14-20-19(5)23(25)22(26-6)15-21(20)24/h9,11,13,15,24-25H,7-8,10,12,14H2,1-6H3/b17-11?,18-13+. The van der Waals surface area contributed by atoms with Gasteiger partial charge in [-0.15, -0.1) is 0 Å². The van der Waals surface area contributed by atoms with E-state index in [4.69, 9.17) is 4.74 Å². The molecule has 144 valence electrons. The molecule has 2 N–H and O–H groups in total. The van der Waals surface area contributed by atoms with E-state index >= 15 is 0 Å². The highest BCUT2D eigenvalue weighted by molar-refractivity contribution is 5.56. The molecule has 3 heteroatoms. The maximum Gasteiger partial charge on any atom is 0.164 e. The number of benzene rings is 1. The first-order valence-electron chi connectivity index (χ1n) is 9.29. The lowest BCUT2D eigenvalue weighted by Crippen LogP contribution is -1.94. The van der Waals surface area contributed by atoms with Crippen LogP contribution in [0.4, 0.5) is 0 Å². The Morgan fingerprint density at radius 3 is 2.12 bits per heavy atom. The van der Waals surface area contributed by atoms with Gasteiger partial charge in [0.05, 0.1) is 7.11 Å². The molecule has 0 saturated carbocycles. The van der Waals surface area contributed by atoms with Crippen LogP contribution < -0.4 is 4.74 Å². The molecule has 0 saturated heterocycles. The molecule has 1 aromatic rings. The molecule has 0 aliphatic heterocycles. The number of aromatic hydroxyl groups is 2. The Morgan fingerprint density at radius 2 is 1.54 bits per heavy atom. The monoisotopic (exact) mass is 358 g/mol. The molecule has 0 bridgehead atoms. The summed E-state index contributed by atoms with van der Waals surface area (Å²) < 4.78 is 5.07. The Kier molecular flexibility index (Phi) is 9.04. The minimum Gasteiger partial charge on any atom is -0.508 e. The second-order valence-electron chi connectivity index (χ2n) is 7.21. The Hall–Kier alpha value is -2.16. The van der Waals surface area contributed by atoms with Gasteiger partial charge >= 0.3 is 0 Å². The van der Waals surface area contributed by atoms with Crippen molar-refractivity contribution in [1.82, 2.24) is 0 Å². The average Bonchev–Trinajstić information content (AvgIpc) is 2.57. The third-order valence-electron chi connectivity index (χ3n) is 4.62. The Morgan fingerprint density at radius 1 is 0.962 bits per heavy atom. The summed E-state index contributed by atoms with van der Waals surface area (Å²) in [5.74, 6) is 0.565. The Bertz CT molecular complexity index is 690. The first-order chi connectivity index (χ1) is 12.3. The molecule has 0 atom stereocenters.